The normalized spacial score (nSPS) is 41.5. The molecule has 6 aliphatic rings. The summed E-state index contributed by atoms with van der Waals surface area (Å²) in [6.45, 7) is 1.14. The summed E-state index contributed by atoms with van der Waals surface area (Å²) in [5.41, 5.74) is 0.341. The molecule has 0 spiro atoms. The molecular weight excluding hydrogens is 352 g/mol. The lowest BCUT2D eigenvalue weighted by Crippen LogP contribution is -2.51. The molecule has 0 aromatic rings. The average Bonchev–Trinajstić information content (AvgIpc) is 2.89. The lowest BCUT2D eigenvalue weighted by Gasteiger charge is -2.57. The molecule has 154 valence electrons. The zero-order valence-electron chi connectivity index (χ0n) is 17.2. The largest absolute Gasteiger partial charge is 0.345 e. The highest BCUT2D eigenvalue weighted by molar-refractivity contribution is 6.05. The molecule has 5 saturated carbocycles. The molecule has 6 fully saturated rings. The van der Waals surface area contributed by atoms with Crippen LogP contribution in [0.4, 0.5) is 0 Å². The van der Waals surface area contributed by atoms with E-state index in [0.717, 1.165) is 50.0 Å². The molecule has 1 saturated heterocycles. The first kappa shape index (κ1) is 18.6. The Hall–Kier alpha value is -1.39. The minimum atomic E-state index is -0.110. The predicted molar refractivity (Wildman–Crippen MR) is 105 cm³/mol. The van der Waals surface area contributed by atoms with Gasteiger partial charge in [-0.3, -0.25) is 19.3 Å². The van der Waals surface area contributed by atoms with Crippen LogP contribution in [-0.4, -0.2) is 47.7 Å². The van der Waals surface area contributed by atoms with Crippen molar-refractivity contribution in [3.05, 3.63) is 0 Å². The molecule has 2 atom stereocenters. The van der Waals surface area contributed by atoms with Gasteiger partial charge in [-0.25, -0.2) is 0 Å². The van der Waals surface area contributed by atoms with Crippen LogP contribution in [-0.2, 0) is 14.4 Å². The van der Waals surface area contributed by atoms with Crippen LogP contribution in [0.5, 0.6) is 0 Å². The highest BCUT2D eigenvalue weighted by Crippen LogP contribution is 2.60. The standard InChI is InChI=1S/C23H34N2O3/c1-24(14-23-11-15-8-16(12-23)10-17(9-15)13-23)20(26)6-7-25-21(27)18-4-2-3-5-19(18)22(25)28/h15-19H,2-14H2,1H3/t15?,16?,17?,18-,19-,23?/m0/s1. The van der Waals surface area contributed by atoms with Crippen molar-refractivity contribution in [3.8, 4) is 0 Å². The molecule has 0 radical (unpaired) electrons. The molecular formula is C23H34N2O3. The smallest absolute Gasteiger partial charge is 0.233 e. The number of nitrogens with zero attached hydrogens (tertiary/aromatic N) is 2. The topological polar surface area (TPSA) is 57.7 Å². The fraction of sp³-hybridized carbons (Fsp3) is 0.870. The Balaban J connectivity index is 1.17. The highest BCUT2D eigenvalue weighted by atomic mass is 16.2. The Kier molecular flexibility index (Phi) is 4.55. The molecule has 0 aromatic heterocycles. The Morgan fingerprint density at radius 3 is 1.96 bits per heavy atom. The Bertz CT molecular complexity index is 628. The van der Waals surface area contributed by atoms with Crippen LogP contribution in [0.3, 0.4) is 0 Å². The van der Waals surface area contributed by atoms with E-state index in [1.54, 1.807) is 0 Å². The summed E-state index contributed by atoms with van der Waals surface area (Å²) in [5.74, 6) is 2.49. The number of likely N-dealkylation sites (tertiary alicyclic amines) is 1. The van der Waals surface area contributed by atoms with Crippen molar-refractivity contribution < 1.29 is 14.4 Å². The molecule has 0 N–H and O–H groups in total. The highest BCUT2D eigenvalue weighted by Gasteiger charge is 2.51. The number of carbonyl (C=O) groups is 3. The summed E-state index contributed by atoms with van der Waals surface area (Å²) < 4.78 is 0. The van der Waals surface area contributed by atoms with Gasteiger partial charge >= 0.3 is 0 Å². The van der Waals surface area contributed by atoms with E-state index < -0.39 is 0 Å². The molecule has 4 bridgehead atoms. The monoisotopic (exact) mass is 386 g/mol. The maximum Gasteiger partial charge on any atom is 0.233 e. The van der Waals surface area contributed by atoms with Crippen LogP contribution in [0.15, 0.2) is 0 Å². The fourth-order valence-corrected chi connectivity index (χ4v) is 7.92. The summed E-state index contributed by atoms with van der Waals surface area (Å²) in [4.78, 5) is 41.4. The van der Waals surface area contributed by atoms with Gasteiger partial charge in [0, 0.05) is 26.6 Å². The molecule has 1 heterocycles. The second-order valence-corrected chi connectivity index (χ2v) is 10.7. The van der Waals surface area contributed by atoms with Gasteiger partial charge in [-0.15, -0.1) is 0 Å². The summed E-state index contributed by atoms with van der Waals surface area (Å²) in [6, 6.07) is 0. The van der Waals surface area contributed by atoms with Gasteiger partial charge < -0.3 is 4.90 Å². The number of amides is 3. The first-order valence-corrected chi connectivity index (χ1v) is 11.5. The number of hydrogen-bond donors (Lipinski definition) is 0. The van der Waals surface area contributed by atoms with Crippen LogP contribution in [0.25, 0.3) is 0 Å². The van der Waals surface area contributed by atoms with E-state index in [2.05, 4.69) is 0 Å². The van der Waals surface area contributed by atoms with Gasteiger partial charge in [0.15, 0.2) is 0 Å². The average molecular weight is 387 g/mol. The van der Waals surface area contributed by atoms with Crippen molar-refractivity contribution in [3.63, 3.8) is 0 Å². The zero-order valence-corrected chi connectivity index (χ0v) is 17.2. The van der Waals surface area contributed by atoms with E-state index in [-0.39, 0.29) is 42.5 Å². The van der Waals surface area contributed by atoms with Crippen molar-refractivity contribution >= 4 is 17.7 Å². The van der Waals surface area contributed by atoms with Gasteiger partial charge in [0.25, 0.3) is 0 Å². The van der Waals surface area contributed by atoms with Crippen molar-refractivity contribution in [1.82, 2.24) is 9.80 Å². The third-order valence-electron chi connectivity index (χ3n) is 8.65. The quantitative estimate of drug-likeness (QED) is 0.682. The molecule has 28 heavy (non-hydrogen) atoms. The Morgan fingerprint density at radius 2 is 1.46 bits per heavy atom. The Labute approximate surface area is 168 Å². The summed E-state index contributed by atoms with van der Waals surface area (Å²) in [7, 11) is 1.92. The second kappa shape index (κ2) is 6.84. The van der Waals surface area contributed by atoms with E-state index in [1.807, 2.05) is 11.9 Å². The second-order valence-electron chi connectivity index (χ2n) is 10.7. The molecule has 5 aliphatic carbocycles. The van der Waals surface area contributed by atoms with Crippen LogP contribution in [0, 0.1) is 35.0 Å². The van der Waals surface area contributed by atoms with Gasteiger partial charge in [0.05, 0.1) is 11.8 Å². The SMILES string of the molecule is CN(CC12CC3CC(CC(C3)C1)C2)C(=O)CCN1C(=O)[C@H]2CCCC[C@@H]2C1=O. The van der Waals surface area contributed by atoms with E-state index in [9.17, 15) is 14.4 Å². The first-order valence-electron chi connectivity index (χ1n) is 11.5. The molecule has 5 nitrogen and oxygen atoms in total. The molecule has 6 rings (SSSR count). The first-order chi connectivity index (χ1) is 13.4. The van der Waals surface area contributed by atoms with E-state index in [0.29, 0.717) is 5.41 Å². The predicted octanol–water partition coefficient (Wildman–Crippen LogP) is 3.23. The lowest BCUT2D eigenvalue weighted by molar-refractivity contribution is -0.141. The summed E-state index contributed by atoms with van der Waals surface area (Å²) in [5, 5.41) is 0. The number of hydrogen-bond acceptors (Lipinski definition) is 3. The fourth-order valence-electron chi connectivity index (χ4n) is 7.92. The maximum atomic E-state index is 12.8. The van der Waals surface area contributed by atoms with E-state index in [4.69, 9.17) is 0 Å². The number of imide groups is 1. The van der Waals surface area contributed by atoms with Crippen molar-refractivity contribution in [2.75, 3.05) is 20.1 Å². The van der Waals surface area contributed by atoms with Crippen LogP contribution >= 0.6 is 0 Å². The summed E-state index contributed by atoms with van der Waals surface area (Å²) >= 11 is 0. The molecule has 3 amide bonds. The van der Waals surface area contributed by atoms with Crippen molar-refractivity contribution in [1.29, 1.82) is 0 Å². The third kappa shape index (κ3) is 3.09. The Morgan fingerprint density at radius 1 is 0.964 bits per heavy atom. The number of carbonyl (C=O) groups excluding carboxylic acids is 3. The van der Waals surface area contributed by atoms with Crippen LogP contribution < -0.4 is 0 Å². The molecule has 1 aliphatic heterocycles. The van der Waals surface area contributed by atoms with E-state index >= 15 is 0 Å². The van der Waals surface area contributed by atoms with Gasteiger partial charge in [-0.2, -0.15) is 0 Å². The minimum Gasteiger partial charge on any atom is -0.345 e. The van der Waals surface area contributed by atoms with Gasteiger partial charge in [-0.1, -0.05) is 12.8 Å². The maximum absolute atomic E-state index is 12.8. The van der Waals surface area contributed by atoms with Crippen molar-refractivity contribution in [2.24, 2.45) is 35.0 Å². The molecule has 0 unspecified atom stereocenters. The van der Waals surface area contributed by atoms with Gasteiger partial charge in [0.2, 0.25) is 17.7 Å². The molecule has 0 aromatic carbocycles. The summed E-state index contributed by atoms with van der Waals surface area (Å²) in [6.07, 6.45) is 12.2. The van der Waals surface area contributed by atoms with Crippen LogP contribution in [0.2, 0.25) is 0 Å². The van der Waals surface area contributed by atoms with Crippen molar-refractivity contribution in [2.45, 2.75) is 70.6 Å². The lowest BCUT2D eigenvalue weighted by atomic mass is 9.49. The molecule has 5 heteroatoms. The third-order valence-corrected chi connectivity index (χ3v) is 8.65. The number of fused-ring (bicyclic) bond motifs is 1. The number of rotatable bonds is 5. The van der Waals surface area contributed by atoms with Crippen LogP contribution in [0.1, 0.15) is 70.6 Å². The van der Waals surface area contributed by atoms with Gasteiger partial charge in [-0.05, 0) is 74.5 Å². The van der Waals surface area contributed by atoms with Gasteiger partial charge in [0.1, 0.15) is 0 Å². The minimum absolute atomic E-state index is 0.0220. The zero-order chi connectivity index (χ0) is 19.5. The van der Waals surface area contributed by atoms with E-state index in [1.165, 1.54) is 43.4 Å².